The Morgan fingerprint density at radius 2 is 1.65 bits per heavy atom. The third kappa shape index (κ3) is 8.93. The van der Waals surface area contributed by atoms with Crippen molar-refractivity contribution < 1.29 is 23.1 Å². The van der Waals surface area contributed by atoms with Gasteiger partial charge in [0.1, 0.15) is 17.9 Å². The number of anilines is 3. The molecule has 0 atom stereocenters. The van der Waals surface area contributed by atoms with Gasteiger partial charge in [-0.05, 0) is 73.9 Å². The summed E-state index contributed by atoms with van der Waals surface area (Å²) in [5.41, 5.74) is 4.99. The molecule has 0 bridgehead atoms. The second-order valence-electron chi connectivity index (χ2n) is 21.0. The summed E-state index contributed by atoms with van der Waals surface area (Å²) in [5.74, 6) is 1.71. The maximum absolute atomic E-state index is 14.8. The molecule has 2 N–H and O–H groups in total. The lowest BCUT2D eigenvalue weighted by molar-refractivity contribution is -0.164. The molecule has 19 heteroatoms. The highest BCUT2D eigenvalue weighted by Crippen LogP contribution is 2.56. The average molecular weight is 991 g/mol. The van der Waals surface area contributed by atoms with Crippen LogP contribution in [-0.2, 0) is 26.4 Å². The lowest BCUT2D eigenvalue weighted by Gasteiger charge is -2.63. The van der Waals surface area contributed by atoms with Crippen LogP contribution in [0.15, 0.2) is 55.1 Å². The molecule has 5 aliphatic rings. The van der Waals surface area contributed by atoms with Crippen molar-refractivity contribution in [2.24, 2.45) is 17.9 Å². The standard InChI is InChI=1S/C52H62ClF2N13O3/c1-51(2)47(52(3,4)48(51)71-37-10-9-32(25-56)41(53)23-37)61-46(69)33-26-58-49(59-27-33)65-19-11-35(12-20-65)64-17-13-36(14-18-64)68-42-15-21-66(50(70)57-5)30-40(42)45(62-68)67-16-7-8-31-22-38(34-28-60-63(6)29-34)39(44(54)55)24-43(31)67/h9-10,22-24,26-29,35-36,44,47-48H,7-8,11-21,30H2,1-6H3,(H,57,70)(H,61,69). The molecule has 7 heterocycles. The molecule has 4 aliphatic heterocycles. The Hall–Kier alpha value is -6.32. The van der Waals surface area contributed by atoms with Gasteiger partial charge in [-0.25, -0.2) is 23.5 Å². The van der Waals surface area contributed by atoms with Crippen LogP contribution in [0, 0.1) is 22.2 Å². The molecule has 2 aromatic carbocycles. The van der Waals surface area contributed by atoms with Crippen LogP contribution in [0.2, 0.25) is 5.02 Å². The summed E-state index contributed by atoms with van der Waals surface area (Å²) in [6.45, 7) is 13.4. The van der Waals surface area contributed by atoms with Crippen LogP contribution in [0.5, 0.6) is 5.75 Å². The first-order chi connectivity index (χ1) is 34.0. The molecule has 16 nitrogen and oxygen atoms in total. The number of amides is 3. The van der Waals surface area contributed by atoms with Crippen molar-refractivity contribution in [1.82, 2.24) is 50.0 Å². The Morgan fingerprint density at radius 3 is 2.30 bits per heavy atom. The Bertz CT molecular complexity index is 2850. The van der Waals surface area contributed by atoms with Crippen LogP contribution >= 0.6 is 11.6 Å². The number of ether oxygens (including phenoxy) is 1. The van der Waals surface area contributed by atoms with Gasteiger partial charge >= 0.3 is 6.03 Å². The summed E-state index contributed by atoms with van der Waals surface area (Å²) in [4.78, 5) is 44.6. The summed E-state index contributed by atoms with van der Waals surface area (Å²) in [6.07, 6.45) is 9.80. The monoisotopic (exact) mass is 989 g/mol. The van der Waals surface area contributed by atoms with E-state index in [-0.39, 0.29) is 35.7 Å². The van der Waals surface area contributed by atoms with Crippen molar-refractivity contribution in [2.75, 3.05) is 56.1 Å². The van der Waals surface area contributed by atoms with E-state index in [1.165, 1.54) is 0 Å². The number of piperidine rings is 2. The van der Waals surface area contributed by atoms with Crippen LogP contribution in [0.1, 0.15) is 111 Å². The third-order valence-electron chi connectivity index (χ3n) is 15.9. The quantitative estimate of drug-likeness (QED) is 0.139. The smallest absolute Gasteiger partial charge is 0.317 e. The number of hydrogen-bond acceptors (Lipinski definition) is 11. The molecule has 0 radical (unpaired) electrons. The normalized spacial score (nSPS) is 21.3. The zero-order chi connectivity index (χ0) is 49.9. The first-order valence-corrected chi connectivity index (χ1v) is 25.2. The summed E-state index contributed by atoms with van der Waals surface area (Å²) < 4.78 is 39.9. The number of rotatable bonds is 10. The van der Waals surface area contributed by atoms with Gasteiger partial charge < -0.3 is 35.0 Å². The lowest BCUT2D eigenvalue weighted by Crippen LogP contribution is -2.74. The molecule has 0 spiro atoms. The number of aromatic nitrogens is 6. The highest BCUT2D eigenvalue weighted by Gasteiger charge is 2.64. The maximum atomic E-state index is 14.8. The number of urea groups is 1. The average Bonchev–Trinajstić information content (AvgIpc) is 3.99. The topological polar surface area (TPSA) is 166 Å². The van der Waals surface area contributed by atoms with Gasteiger partial charge in [-0.2, -0.15) is 15.5 Å². The molecule has 3 amide bonds. The Balaban J connectivity index is 0.772. The first-order valence-electron chi connectivity index (χ1n) is 24.8. The van der Waals surface area contributed by atoms with Crippen molar-refractivity contribution in [3.8, 4) is 22.9 Å². The van der Waals surface area contributed by atoms with Crippen molar-refractivity contribution in [2.45, 2.75) is 110 Å². The second-order valence-corrected chi connectivity index (χ2v) is 21.4. The molecule has 2 saturated heterocycles. The van der Waals surface area contributed by atoms with E-state index in [2.05, 4.69) is 78.8 Å². The molecular weight excluding hydrogens is 928 g/mol. The van der Waals surface area contributed by atoms with Crippen LogP contribution in [0.25, 0.3) is 11.1 Å². The summed E-state index contributed by atoms with van der Waals surface area (Å²) in [7, 11) is 3.43. The SMILES string of the molecule is CNC(=O)N1CCc2c(c(N3CCCc4cc(-c5cnn(C)c5)c(C(F)F)cc43)nn2C2CCN(C3CCN(c4ncc(C(=O)NC5C(C)(C)C(Oc6ccc(C#N)c(Cl)c6)C5(C)C)cn4)CC3)CC2)C1. The van der Waals surface area contributed by atoms with E-state index in [4.69, 9.17) is 21.4 Å². The highest BCUT2D eigenvalue weighted by atomic mass is 35.5. The molecule has 374 valence electrons. The van der Waals surface area contributed by atoms with Gasteiger partial charge in [-0.3, -0.25) is 14.2 Å². The van der Waals surface area contributed by atoms with E-state index in [1.54, 1.807) is 67.8 Å². The number of alkyl halides is 2. The van der Waals surface area contributed by atoms with E-state index in [1.807, 2.05) is 11.0 Å². The van der Waals surface area contributed by atoms with Gasteiger partial charge in [0.15, 0.2) is 5.82 Å². The number of nitrogens with one attached hydrogen (secondary N) is 2. The third-order valence-corrected chi connectivity index (χ3v) is 16.2. The Morgan fingerprint density at radius 1 is 0.930 bits per heavy atom. The minimum absolute atomic E-state index is 0.0266. The minimum atomic E-state index is -2.67. The number of likely N-dealkylation sites (tertiary alicyclic amines) is 1. The number of hydrogen-bond donors (Lipinski definition) is 2. The van der Waals surface area contributed by atoms with E-state index in [0.717, 1.165) is 93.0 Å². The van der Waals surface area contributed by atoms with E-state index < -0.39 is 17.3 Å². The van der Waals surface area contributed by atoms with Crippen molar-refractivity contribution >= 4 is 41.0 Å². The van der Waals surface area contributed by atoms with Crippen LogP contribution < -0.4 is 25.2 Å². The van der Waals surface area contributed by atoms with Crippen LogP contribution in [-0.4, -0.2) is 116 Å². The van der Waals surface area contributed by atoms with E-state index in [0.29, 0.717) is 71.1 Å². The second kappa shape index (κ2) is 19.0. The maximum Gasteiger partial charge on any atom is 0.317 e. The number of nitrogens with zero attached hydrogens (tertiary/aromatic N) is 11. The fourth-order valence-electron chi connectivity index (χ4n) is 12.5. The predicted octanol–water partition coefficient (Wildman–Crippen LogP) is 8.24. The van der Waals surface area contributed by atoms with E-state index >= 15 is 0 Å². The number of aryl methyl sites for hydroxylation is 2. The molecule has 1 saturated carbocycles. The van der Waals surface area contributed by atoms with Gasteiger partial charge in [0.05, 0.1) is 34.9 Å². The number of fused-ring (bicyclic) bond motifs is 2. The first kappa shape index (κ1) is 48.3. The van der Waals surface area contributed by atoms with Crippen LogP contribution in [0.3, 0.4) is 0 Å². The van der Waals surface area contributed by atoms with Gasteiger partial charge in [0, 0.05) is 135 Å². The van der Waals surface area contributed by atoms with Crippen molar-refractivity contribution in [1.29, 1.82) is 5.26 Å². The number of benzene rings is 2. The van der Waals surface area contributed by atoms with Gasteiger partial charge in [-0.15, -0.1) is 0 Å². The summed E-state index contributed by atoms with van der Waals surface area (Å²) in [5, 5.41) is 25.3. The van der Waals surface area contributed by atoms with Crippen molar-refractivity contribution in [3.63, 3.8) is 0 Å². The Labute approximate surface area is 418 Å². The molecule has 1 aliphatic carbocycles. The number of nitriles is 1. The molecular formula is C52H62ClF2N13O3. The molecule has 10 rings (SSSR count). The fraction of sp³-hybridized carbons (Fsp3) is 0.519. The van der Waals surface area contributed by atoms with Gasteiger partial charge in [-0.1, -0.05) is 39.3 Å². The molecule has 5 aromatic rings. The highest BCUT2D eigenvalue weighted by molar-refractivity contribution is 6.31. The summed E-state index contributed by atoms with van der Waals surface area (Å²) >= 11 is 6.28. The molecule has 0 unspecified atom stereocenters. The largest absolute Gasteiger partial charge is 0.489 e. The zero-order valence-corrected chi connectivity index (χ0v) is 42.0. The number of carbonyl (C=O) groups excluding carboxylic acids is 2. The minimum Gasteiger partial charge on any atom is -0.489 e. The molecule has 3 fully saturated rings. The predicted molar refractivity (Wildman–Crippen MR) is 266 cm³/mol. The van der Waals surface area contributed by atoms with Crippen molar-refractivity contribution in [3.05, 3.63) is 93.7 Å². The lowest BCUT2D eigenvalue weighted by atomic mass is 9.49. The van der Waals surface area contributed by atoms with Gasteiger partial charge in [0.25, 0.3) is 12.3 Å². The molecule has 71 heavy (non-hydrogen) atoms. The summed E-state index contributed by atoms with van der Waals surface area (Å²) in [6, 6.07) is 10.9. The van der Waals surface area contributed by atoms with E-state index in [9.17, 15) is 23.6 Å². The number of carbonyl (C=O) groups is 2. The Kier molecular flexibility index (Phi) is 12.9. The van der Waals surface area contributed by atoms with Gasteiger partial charge in [0.2, 0.25) is 5.95 Å². The fourth-order valence-corrected chi connectivity index (χ4v) is 12.7. The van der Waals surface area contributed by atoms with Crippen LogP contribution in [0.4, 0.5) is 31.0 Å². The molecule has 3 aromatic heterocycles. The zero-order valence-electron chi connectivity index (χ0n) is 41.3. The number of halogens is 3.